The molecule has 6 heteroatoms. The van der Waals surface area contributed by atoms with Crippen LogP contribution in [0, 0.1) is 0 Å². The van der Waals surface area contributed by atoms with Gasteiger partial charge < -0.3 is 14.4 Å². The van der Waals surface area contributed by atoms with Gasteiger partial charge in [0.05, 0.1) is 17.1 Å². The van der Waals surface area contributed by atoms with Gasteiger partial charge in [-0.1, -0.05) is 17.7 Å². The highest BCUT2D eigenvalue weighted by atomic mass is 35.5. The van der Waals surface area contributed by atoms with Crippen molar-refractivity contribution < 1.29 is 19.2 Å². The Hall–Kier alpha value is -1.04. The van der Waals surface area contributed by atoms with E-state index < -0.39 is 30.2 Å². The average Bonchev–Trinajstić information content (AvgIpc) is 2.56. The van der Waals surface area contributed by atoms with Crippen LogP contribution in [0.5, 0.6) is 0 Å². The van der Waals surface area contributed by atoms with Crippen molar-refractivity contribution in [2.45, 2.75) is 51.7 Å². The number of carboxylic acids is 1. The third-order valence-corrected chi connectivity index (χ3v) is 4.56. The smallest absolute Gasteiger partial charge is 0.481 e. The van der Waals surface area contributed by atoms with Gasteiger partial charge in [-0.3, -0.25) is 4.79 Å². The van der Waals surface area contributed by atoms with E-state index in [1.54, 1.807) is 25.1 Å². The first kappa shape index (κ1) is 16.3. The zero-order chi connectivity index (χ0) is 16.0. The molecular weight excluding hydrogens is 290 g/mol. The molecule has 1 aromatic carbocycles. The van der Waals surface area contributed by atoms with E-state index >= 15 is 0 Å². The second-order valence-electron chi connectivity index (χ2n) is 6.47. The highest BCUT2D eigenvalue weighted by molar-refractivity contribution is 6.62. The van der Waals surface area contributed by atoms with Gasteiger partial charge in [0.15, 0.2) is 0 Å². The Morgan fingerprint density at radius 3 is 2.19 bits per heavy atom. The third-order valence-electron chi connectivity index (χ3n) is 4.34. The molecule has 1 aromatic rings. The Morgan fingerprint density at radius 1 is 1.19 bits per heavy atom. The summed E-state index contributed by atoms with van der Waals surface area (Å²) >= 11 is 6.12. The third kappa shape index (κ3) is 3.10. The second-order valence-corrected chi connectivity index (χ2v) is 6.90. The van der Waals surface area contributed by atoms with E-state index in [0.29, 0.717) is 10.6 Å². The molecule has 4 nitrogen and oxygen atoms in total. The zero-order valence-corrected chi connectivity index (χ0v) is 13.7. The molecule has 1 aliphatic heterocycles. The molecule has 114 valence electrons. The summed E-state index contributed by atoms with van der Waals surface area (Å²) in [4.78, 5) is 11.1. The maximum Gasteiger partial charge on any atom is 0.494 e. The van der Waals surface area contributed by atoms with Crippen molar-refractivity contribution in [3.05, 3.63) is 28.8 Å². The lowest BCUT2D eigenvalue weighted by atomic mass is 9.77. The van der Waals surface area contributed by atoms with Crippen molar-refractivity contribution >= 4 is 30.2 Å². The Morgan fingerprint density at radius 2 is 1.71 bits per heavy atom. The fourth-order valence-corrected chi connectivity index (χ4v) is 2.40. The first-order chi connectivity index (χ1) is 9.53. The summed E-state index contributed by atoms with van der Waals surface area (Å²) in [5.41, 5.74) is 0.487. The van der Waals surface area contributed by atoms with Crippen LogP contribution in [0.15, 0.2) is 18.2 Å². The molecule has 0 spiro atoms. The molecule has 1 heterocycles. The van der Waals surface area contributed by atoms with E-state index in [-0.39, 0.29) is 0 Å². The SMILES string of the molecule is CC(C(=O)O)c1cc(Cl)cc(B2OC(C)(C)C(C)(C)O2)c1. The van der Waals surface area contributed by atoms with Crippen molar-refractivity contribution in [3.8, 4) is 0 Å². The summed E-state index contributed by atoms with van der Waals surface area (Å²) in [5.74, 6) is -1.53. The summed E-state index contributed by atoms with van der Waals surface area (Å²) in [7, 11) is -0.548. The molecule has 1 saturated heterocycles. The Bertz CT molecular complexity index is 555. The van der Waals surface area contributed by atoms with Crippen molar-refractivity contribution in [3.63, 3.8) is 0 Å². The Kier molecular flexibility index (Phi) is 4.13. The number of hydrogen-bond acceptors (Lipinski definition) is 3. The van der Waals surface area contributed by atoms with E-state index in [1.807, 2.05) is 27.7 Å². The van der Waals surface area contributed by atoms with Crippen molar-refractivity contribution in [2.24, 2.45) is 0 Å². The van der Waals surface area contributed by atoms with Gasteiger partial charge in [-0.25, -0.2) is 0 Å². The van der Waals surface area contributed by atoms with Crippen LogP contribution in [0.1, 0.15) is 46.1 Å². The molecule has 0 radical (unpaired) electrons. The zero-order valence-electron chi connectivity index (χ0n) is 12.9. The first-order valence-corrected chi connectivity index (χ1v) is 7.30. The molecule has 2 rings (SSSR count). The van der Waals surface area contributed by atoms with Crippen molar-refractivity contribution in [2.75, 3.05) is 0 Å². The summed E-state index contributed by atoms with van der Waals surface area (Å²) in [6.45, 7) is 9.51. The molecule has 0 aliphatic carbocycles. The Balaban J connectivity index is 2.36. The molecule has 0 bridgehead atoms. The number of carboxylic acid groups (broad SMARTS) is 1. The number of rotatable bonds is 3. The predicted molar refractivity (Wildman–Crippen MR) is 83.2 cm³/mol. The largest absolute Gasteiger partial charge is 0.494 e. The maximum absolute atomic E-state index is 11.1. The lowest BCUT2D eigenvalue weighted by Crippen LogP contribution is -2.41. The molecule has 1 unspecified atom stereocenters. The fourth-order valence-electron chi connectivity index (χ4n) is 2.14. The average molecular weight is 311 g/mol. The van der Waals surface area contributed by atoms with Gasteiger partial charge >= 0.3 is 13.1 Å². The summed E-state index contributed by atoms with van der Waals surface area (Å²) < 4.78 is 11.9. The van der Waals surface area contributed by atoms with Crippen molar-refractivity contribution in [1.82, 2.24) is 0 Å². The maximum atomic E-state index is 11.1. The van der Waals surface area contributed by atoms with Gasteiger partial charge in [0.2, 0.25) is 0 Å². The molecule has 1 atom stereocenters. The standard InChI is InChI=1S/C15H20BClO4/c1-9(13(18)19)10-6-11(8-12(17)7-10)16-20-14(2,3)15(4,5)21-16/h6-9H,1-5H3,(H,18,19). The van der Waals surface area contributed by atoms with Crippen LogP contribution in [0.4, 0.5) is 0 Å². The van der Waals surface area contributed by atoms with Gasteiger partial charge in [0, 0.05) is 5.02 Å². The summed E-state index contributed by atoms with van der Waals surface area (Å²) in [6, 6.07) is 5.20. The van der Waals surface area contributed by atoms with E-state index in [4.69, 9.17) is 26.0 Å². The molecule has 1 fully saturated rings. The van der Waals surface area contributed by atoms with E-state index in [9.17, 15) is 4.79 Å². The molecule has 0 aromatic heterocycles. The van der Waals surface area contributed by atoms with Gasteiger partial charge in [-0.2, -0.15) is 0 Å². The van der Waals surface area contributed by atoms with Crippen LogP contribution < -0.4 is 5.46 Å². The minimum Gasteiger partial charge on any atom is -0.481 e. The van der Waals surface area contributed by atoms with Crippen molar-refractivity contribution in [1.29, 1.82) is 0 Å². The molecule has 1 N–H and O–H groups in total. The number of carbonyl (C=O) groups is 1. The quantitative estimate of drug-likeness (QED) is 0.872. The fraction of sp³-hybridized carbons (Fsp3) is 0.533. The van der Waals surface area contributed by atoms with Gasteiger partial charge in [0.25, 0.3) is 0 Å². The summed E-state index contributed by atoms with van der Waals surface area (Å²) in [6.07, 6.45) is 0. The Labute approximate surface area is 130 Å². The number of hydrogen-bond donors (Lipinski definition) is 1. The van der Waals surface area contributed by atoms with E-state index in [2.05, 4.69) is 0 Å². The van der Waals surface area contributed by atoms with Crippen LogP contribution in [0.2, 0.25) is 5.02 Å². The van der Waals surface area contributed by atoms with Gasteiger partial charge in [0.1, 0.15) is 0 Å². The number of halogens is 1. The van der Waals surface area contributed by atoms with Crippen LogP contribution in [-0.4, -0.2) is 29.4 Å². The van der Waals surface area contributed by atoms with E-state index in [0.717, 1.165) is 5.46 Å². The highest BCUT2D eigenvalue weighted by Crippen LogP contribution is 2.36. The normalized spacial score (nSPS) is 21.3. The minimum atomic E-state index is -0.892. The van der Waals surface area contributed by atoms with E-state index in [1.165, 1.54) is 0 Å². The number of aliphatic carboxylic acids is 1. The van der Waals surface area contributed by atoms with Gasteiger partial charge in [-0.05, 0) is 57.8 Å². The van der Waals surface area contributed by atoms with Crippen LogP contribution >= 0.6 is 11.6 Å². The molecule has 21 heavy (non-hydrogen) atoms. The summed E-state index contributed by atoms with van der Waals surface area (Å²) in [5, 5.41) is 9.62. The van der Waals surface area contributed by atoms with Crippen LogP contribution in [-0.2, 0) is 14.1 Å². The molecule has 0 saturated carbocycles. The predicted octanol–water partition coefficient (Wildman–Crippen LogP) is 2.83. The minimum absolute atomic E-state index is 0.446. The lowest BCUT2D eigenvalue weighted by molar-refractivity contribution is -0.138. The first-order valence-electron chi connectivity index (χ1n) is 6.92. The van der Waals surface area contributed by atoms with Crippen LogP contribution in [0.3, 0.4) is 0 Å². The lowest BCUT2D eigenvalue weighted by Gasteiger charge is -2.32. The second kappa shape index (κ2) is 5.31. The van der Waals surface area contributed by atoms with Gasteiger partial charge in [-0.15, -0.1) is 0 Å². The number of benzene rings is 1. The monoisotopic (exact) mass is 310 g/mol. The highest BCUT2D eigenvalue weighted by Gasteiger charge is 2.51. The van der Waals surface area contributed by atoms with Crippen LogP contribution in [0.25, 0.3) is 0 Å². The molecule has 0 amide bonds. The topological polar surface area (TPSA) is 55.8 Å². The molecular formula is C15H20BClO4. The molecule has 1 aliphatic rings.